The van der Waals surface area contributed by atoms with Crippen LogP contribution in [-0.4, -0.2) is 33.1 Å². The SMILES string of the molecule is COC1(OC)CNCCC1CCc1ccccc1F.Cl. The second-order valence-electron chi connectivity index (χ2n) is 5.01. The number of aryl methyl sites for hydroxylation is 1. The summed E-state index contributed by atoms with van der Waals surface area (Å²) >= 11 is 0. The van der Waals surface area contributed by atoms with E-state index < -0.39 is 5.79 Å². The molecule has 1 saturated heterocycles. The lowest BCUT2D eigenvalue weighted by Crippen LogP contribution is -2.54. The van der Waals surface area contributed by atoms with Crippen molar-refractivity contribution in [3.05, 3.63) is 35.6 Å². The maximum absolute atomic E-state index is 13.6. The third-order valence-corrected chi connectivity index (χ3v) is 4.07. The third kappa shape index (κ3) is 3.70. The Morgan fingerprint density at radius 1 is 1.30 bits per heavy atom. The van der Waals surface area contributed by atoms with Crippen LogP contribution in [0.5, 0.6) is 0 Å². The van der Waals surface area contributed by atoms with Crippen LogP contribution in [0.2, 0.25) is 0 Å². The molecule has 0 amide bonds. The standard InChI is InChI=1S/C15H22FNO2.ClH/c1-18-15(19-2)11-17-10-9-13(15)8-7-12-5-3-4-6-14(12)16;/h3-6,13,17H,7-11H2,1-2H3;1H. The summed E-state index contributed by atoms with van der Waals surface area (Å²) < 4.78 is 24.8. The minimum absolute atomic E-state index is 0. The Bertz CT molecular complexity index is 413. The van der Waals surface area contributed by atoms with Crippen molar-refractivity contribution in [1.82, 2.24) is 5.32 Å². The molecule has 0 aromatic heterocycles. The fourth-order valence-electron chi connectivity index (χ4n) is 2.86. The topological polar surface area (TPSA) is 30.5 Å². The number of ether oxygens (including phenoxy) is 2. The second-order valence-corrected chi connectivity index (χ2v) is 5.01. The zero-order valence-electron chi connectivity index (χ0n) is 12.0. The largest absolute Gasteiger partial charge is 0.352 e. The molecule has 2 rings (SSSR count). The van der Waals surface area contributed by atoms with E-state index in [1.807, 2.05) is 12.1 Å². The highest BCUT2D eigenvalue weighted by molar-refractivity contribution is 5.85. The van der Waals surface area contributed by atoms with Gasteiger partial charge in [-0.1, -0.05) is 18.2 Å². The number of nitrogens with one attached hydrogen (secondary N) is 1. The average Bonchev–Trinajstić information content (AvgIpc) is 2.47. The molecular weight excluding hydrogens is 281 g/mol. The monoisotopic (exact) mass is 303 g/mol. The molecule has 114 valence electrons. The Balaban J connectivity index is 0.00000200. The lowest BCUT2D eigenvalue weighted by Gasteiger charge is -2.42. The predicted molar refractivity (Wildman–Crippen MR) is 79.7 cm³/mol. The van der Waals surface area contributed by atoms with Crippen LogP contribution in [0.25, 0.3) is 0 Å². The number of halogens is 2. The molecule has 0 bridgehead atoms. The van der Waals surface area contributed by atoms with Gasteiger partial charge in [-0.2, -0.15) is 0 Å². The van der Waals surface area contributed by atoms with Crippen molar-refractivity contribution in [3.63, 3.8) is 0 Å². The molecule has 1 aliphatic heterocycles. The molecule has 0 radical (unpaired) electrons. The number of piperidine rings is 1. The summed E-state index contributed by atoms with van der Waals surface area (Å²) in [4.78, 5) is 0. The van der Waals surface area contributed by atoms with E-state index in [4.69, 9.17) is 9.47 Å². The molecule has 1 N–H and O–H groups in total. The van der Waals surface area contributed by atoms with Gasteiger partial charge in [0.2, 0.25) is 0 Å². The van der Waals surface area contributed by atoms with Crippen LogP contribution in [0.15, 0.2) is 24.3 Å². The quantitative estimate of drug-likeness (QED) is 0.849. The van der Waals surface area contributed by atoms with Gasteiger partial charge in [-0.15, -0.1) is 12.4 Å². The fourth-order valence-corrected chi connectivity index (χ4v) is 2.86. The minimum atomic E-state index is -0.580. The van der Waals surface area contributed by atoms with Crippen molar-refractivity contribution in [3.8, 4) is 0 Å². The van der Waals surface area contributed by atoms with Gasteiger partial charge in [0, 0.05) is 20.1 Å². The summed E-state index contributed by atoms with van der Waals surface area (Å²) in [6.45, 7) is 1.64. The van der Waals surface area contributed by atoms with Gasteiger partial charge < -0.3 is 14.8 Å². The van der Waals surface area contributed by atoms with Crippen molar-refractivity contribution in [2.45, 2.75) is 25.0 Å². The van der Waals surface area contributed by atoms with Gasteiger partial charge in [0.05, 0.1) is 6.54 Å². The van der Waals surface area contributed by atoms with Crippen LogP contribution < -0.4 is 5.32 Å². The van der Waals surface area contributed by atoms with Crippen molar-refractivity contribution in [2.24, 2.45) is 5.92 Å². The lowest BCUT2D eigenvalue weighted by molar-refractivity contribution is -0.246. The van der Waals surface area contributed by atoms with E-state index in [0.29, 0.717) is 13.0 Å². The van der Waals surface area contributed by atoms with Gasteiger partial charge in [0.25, 0.3) is 0 Å². The van der Waals surface area contributed by atoms with Crippen LogP contribution in [-0.2, 0) is 15.9 Å². The van der Waals surface area contributed by atoms with Crippen LogP contribution in [0.1, 0.15) is 18.4 Å². The van der Waals surface area contributed by atoms with Gasteiger partial charge in [-0.25, -0.2) is 4.39 Å². The Hall–Kier alpha value is -0.680. The fraction of sp³-hybridized carbons (Fsp3) is 0.600. The highest BCUT2D eigenvalue weighted by atomic mass is 35.5. The van der Waals surface area contributed by atoms with Crippen LogP contribution >= 0.6 is 12.4 Å². The van der Waals surface area contributed by atoms with Crippen molar-refractivity contribution >= 4 is 12.4 Å². The summed E-state index contributed by atoms with van der Waals surface area (Å²) in [7, 11) is 3.35. The van der Waals surface area contributed by atoms with Gasteiger partial charge >= 0.3 is 0 Å². The van der Waals surface area contributed by atoms with Gasteiger partial charge in [-0.3, -0.25) is 0 Å². The maximum Gasteiger partial charge on any atom is 0.182 e. The van der Waals surface area contributed by atoms with E-state index in [1.54, 1.807) is 20.3 Å². The zero-order chi connectivity index (χ0) is 13.7. The first kappa shape index (κ1) is 17.4. The molecule has 0 spiro atoms. The van der Waals surface area contributed by atoms with Gasteiger partial charge in [-0.05, 0) is 37.4 Å². The molecule has 0 aliphatic carbocycles. The van der Waals surface area contributed by atoms with Crippen LogP contribution in [0.3, 0.4) is 0 Å². The van der Waals surface area contributed by atoms with E-state index >= 15 is 0 Å². The van der Waals surface area contributed by atoms with Crippen LogP contribution in [0.4, 0.5) is 4.39 Å². The number of benzene rings is 1. The first-order valence-electron chi connectivity index (χ1n) is 6.76. The van der Waals surface area contributed by atoms with E-state index in [9.17, 15) is 4.39 Å². The molecular formula is C15H23ClFNO2. The van der Waals surface area contributed by atoms with E-state index in [2.05, 4.69) is 5.32 Å². The van der Waals surface area contributed by atoms with Gasteiger partial charge in [0.15, 0.2) is 5.79 Å². The predicted octanol–water partition coefficient (Wildman–Crippen LogP) is 2.78. The van der Waals surface area contributed by atoms with E-state index in [0.717, 1.165) is 24.9 Å². The molecule has 1 heterocycles. The van der Waals surface area contributed by atoms with Crippen molar-refractivity contribution in [2.75, 3.05) is 27.3 Å². The van der Waals surface area contributed by atoms with Crippen molar-refractivity contribution in [1.29, 1.82) is 0 Å². The molecule has 5 heteroatoms. The second kappa shape index (κ2) is 7.93. The molecule has 3 nitrogen and oxygen atoms in total. The maximum atomic E-state index is 13.6. The number of rotatable bonds is 5. The van der Waals surface area contributed by atoms with Crippen LogP contribution in [0, 0.1) is 11.7 Å². The Labute approximate surface area is 126 Å². The molecule has 1 unspecified atom stereocenters. The van der Waals surface area contributed by atoms with Crippen molar-refractivity contribution < 1.29 is 13.9 Å². The summed E-state index contributed by atoms with van der Waals surface area (Å²) in [6.07, 6.45) is 2.56. The molecule has 1 fully saturated rings. The molecule has 1 aromatic carbocycles. The Morgan fingerprint density at radius 2 is 2.00 bits per heavy atom. The molecule has 0 saturated carbocycles. The summed E-state index contributed by atoms with van der Waals surface area (Å²) in [6, 6.07) is 6.95. The Kier molecular flexibility index (Phi) is 6.89. The minimum Gasteiger partial charge on any atom is -0.352 e. The number of hydrogen-bond donors (Lipinski definition) is 1. The van der Waals surface area contributed by atoms with Gasteiger partial charge in [0.1, 0.15) is 5.82 Å². The zero-order valence-corrected chi connectivity index (χ0v) is 12.8. The number of methoxy groups -OCH3 is 2. The normalized spacial score (nSPS) is 21.2. The lowest BCUT2D eigenvalue weighted by atomic mass is 9.86. The highest BCUT2D eigenvalue weighted by Crippen LogP contribution is 2.31. The highest BCUT2D eigenvalue weighted by Gasteiger charge is 2.40. The molecule has 1 aromatic rings. The summed E-state index contributed by atoms with van der Waals surface area (Å²) in [5.41, 5.74) is 0.766. The first-order chi connectivity index (χ1) is 9.22. The first-order valence-corrected chi connectivity index (χ1v) is 6.76. The van der Waals surface area contributed by atoms with E-state index in [1.165, 1.54) is 6.07 Å². The smallest absolute Gasteiger partial charge is 0.182 e. The molecule has 1 atom stereocenters. The molecule has 1 aliphatic rings. The Morgan fingerprint density at radius 3 is 2.65 bits per heavy atom. The van der Waals surface area contributed by atoms with E-state index in [-0.39, 0.29) is 24.1 Å². The third-order valence-electron chi connectivity index (χ3n) is 4.07. The molecule has 20 heavy (non-hydrogen) atoms. The number of hydrogen-bond acceptors (Lipinski definition) is 3. The summed E-state index contributed by atoms with van der Waals surface area (Å²) in [5, 5.41) is 3.29. The summed E-state index contributed by atoms with van der Waals surface area (Å²) in [5.74, 6) is -0.427. The average molecular weight is 304 g/mol.